The summed E-state index contributed by atoms with van der Waals surface area (Å²) in [5, 5.41) is 18.4. The molecule has 0 unspecified atom stereocenters. The maximum atomic E-state index is 12.1. The molecule has 1 fully saturated rings. The fourth-order valence-electron chi connectivity index (χ4n) is 2.01. The number of carbonyl (C=O) groups is 4. The molecule has 1 rings (SSSR count). The lowest BCUT2D eigenvalue weighted by Crippen LogP contribution is -2.52. The van der Waals surface area contributed by atoms with Crippen LogP contribution in [0.25, 0.3) is 0 Å². The van der Waals surface area contributed by atoms with E-state index in [1.54, 1.807) is 0 Å². The van der Waals surface area contributed by atoms with Crippen molar-refractivity contribution < 1.29 is 29.4 Å². The number of amides is 4. The summed E-state index contributed by atoms with van der Waals surface area (Å²) in [6.07, 6.45) is -1.11. The van der Waals surface area contributed by atoms with E-state index in [2.05, 4.69) is 0 Å². The topological polar surface area (TPSA) is 167 Å². The molecule has 112 valence electrons. The monoisotopic (exact) mass is 288 g/mol. The highest BCUT2D eigenvalue weighted by Gasteiger charge is 2.41. The summed E-state index contributed by atoms with van der Waals surface area (Å²) in [5.74, 6) is -3.02. The molecule has 1 aliphatic rings. The number of urea groups is 1. The Morgan fingerprint density at radius 1 is 1.15 bits per heavy atom. The highest BCUT2D eigenvalue weighted by atomic mass is 16.4. The second-order valence-corrected chi connectivity index (χ2v) is 4.47. The number of aliphatic hydroxyl groups excluding tert-OH is 1. The number of likely N-dealkylation sites (tertiary alicyclic amines) is 1. The second-order valence-electron chi connectivity index (χ2n) is 4.47. The minimum Gasteiger partial charge on any atom is -0.480 e. The summed E-state index contributed by atoms with van der Waals surface area (Å²) in [7, 11) is 0. The fraction of sp³-hybridized carbons (Fsp3) is 0.600. The lowest BCUT2D eigenvalue weighted by Gasteiger charge is -2.28. The first-order chi connectivity index (χ1) is 9.22. The first kappa shape index (κ1) is 15.7. The maximum Gasteiger partial charge on any atom is 0.326 e. The van der Waals surface area contributed by atoms with Crippen LogP contribution < -0.4 is 11.5 Å². The molecule has 1 heterocycles. The average Bonchev–Trinajstić information content (AvgIpc) is 2.68. The molecule has 4 amide bonds. The van der Waals surface area contributed by atoms with E-state index in [9.17, 15) is 24.3 Å². The summed E-state index contributed by atoms with van der Waals surface area (Å²) >= 11 is 0. The number of carboxylic acid groups (broad SMARTS) is 1. The molecular formula is C10H16N4O6. The van der Waals surface area contributed by atoms with E-state index in [1.807, 2.05) is 0 Å². The Balaban J connectivity index is 2.89. The summed E-state index contributed by atoms with van der Waals surface area (Å²) in [6.45, 7) is -1.34. The van der Waals surface area contributed by atoms with E-state index in [-0.39, 0.29) is 13.0 Å². The van der Waals surface area contributed by atoms with Crippen LogP contribution in [0.3, 0.4) is 0 Å². The molecule has 0 aliphatic carbocycles. The van der Waals surface area contributed by atoms with E-state index in [4.69, 9.17) is 16.6 Å². The maximum absolute atomic E-state index is 12.1. The van der Waals surface area contributed by atoms with E-state index in [1.165, 1.54) is 0 Å². The standard InChI is InChI=1S/C10H16N4O6/c11-7(16)3-13(4-8(12)17)10(20)14-2-5(15)1-6(14)9(18)19/h5-6,15H,1-4H2,(H2,11,16)(H2,12,17)(H,18,19)/t5-,6-/m0/s1. The quantitative estimate of drug-likeness (QED) is 0.418. The summed E-state index contributed by atoms with van der Waals surface area (Å²) in [6, 6.07) is -2.10. The van der Waals surface area contributed by atoms with Gasteiger partial charge in [-0.3, -0.25) is 9.59 Å². The number of β-amino-alcohol motifs (C(OH)–C–C–N with tert-alkyl or cyclic N) is 1. The molecule has 0 aromatic heterocycles. The van der Waals surface area contributed by atoms with Gasteiger partial charge in [-0.15, -0.1) is 0 Å². The first-order valence-corrected chi connectivity index (χ1v) is 5.75. The molecule has 0 aromatic carbocycles. The van der Waals surface area contributed by atoms with Crippen LogP contribution in [0, 0.1) is 0 Å². The number of hydrogen-bond donors (Lipinski definition) is 4. The van der Waals surface area contributed by atoms with Crippen LogP contribution >= 0.6 is 0 Å². The second kappa shape index (κ2) is 6.19. The Labute approximate surface area is 113 Å². The van der Waals surface area contributed by atoms with Crippen LogP contribution in [-0.4, -0.2) is 75.6 Å². The highest BCUT2D eigenvalue weighted by molar-refractivity contribution is 5.89. The van der Waals surface area contributed by atoms with E-state index < -0.39 is 49.1 Å². The van der Waals surface area contributed by atoms with Crippen molar-refractivity contribution in [1.29, 1.82) is 0 Å². The number of aliphatic hydroxyl groups is 1. The van der Waals surface area contributed by atoms with Gasteiger partial charge in [-0.05, 0) is 0 Å². The first-order valence-electron chi connectivity index (χ1n) is 5.75. The molecule has 10 heteroatoms. The summed E-state index contributed by atoms with van der Waals surface area (Å²) in [4.78, 5) is 46.5. The van der Waals surface area contributed by atoms with Gasteiger partial charge in [0, 0.05) is 13.0 Å². The van der Waals surface area contributed by atoms with Crippen molar-refractivity contribution in [2.45, 2.75) is 18.6 Å². The minimum atomic E-state index is -1.28. The molecule has 0 saturated carbocycles. The van der Waals surface area contributed by atoms with Crippen LogP contribution in [0.2, 0.25) is 0 Å². The fourth-order valence-corrected chi connectivity index (χ4v) is 2.01. The van der Waals surface area contributed by atoms with Gasteiger partial charge in [0.25, 0.3) is 0 Å². The highest BCUT2D eigenvalue weighted by Crippen LogP contribution is 2.19. The molecule has 0 radical (unpaired) electrons. The Morgan fingerprint density at radius 2 is 1.65 bits per heavy atom. The molecule has 0 spiro atoms. The Hall–Kier alpha value is -2.36. The molecule has 10 nitrogen and oxygen atoms in total. The van der Waals surface area contributed by atoms with Crippen LogP contribution in [0.1, 0.15) is 6.42 Å². The van der Waals surface area contributed by atoms with Crippen LogP contribution in [0.5, 0.6) is 0 Å². The van der Waals surface area contributed by atoms with Crippen LogP contribution in [0.4, 0.5) is 4.79 Å². The lowest BCUT2D eigenvalue weighted by molar-refractivity contribution is -0.141. The van der Waals surface area contributed by atoms with Crippen molar-refractivity contribution in [3.63, 3.8) is 0 Å². The SMILES string of the molecule is NC(=O)CN(CC(N)=O)C(=O)N1C[C@@H](O)C[C@H]1C(=O)O. The van der Waals surface area contributed by atoms with Gasteiger partial charge in [0.2, 0.25) is 11.8 Å². The lowest BCUT2D eigenvalue weighted by atomic mass is 10.2. The third-order valence-corrected chi connectivity index (χ3v) is 2.77. The average molecular weight is 288 g/mol. The molecule has 0 bridgehead atoms. The van der Waals surface area contributed by atoms with Gasteiger partial charge in [-0.2, -0.15) is 0 Å². The Morgan fingerprint density at radius 3 is 2.05 bits per heavy atom. The number of hydrogen-bond acceptors (Lipinski definition) is 5. The zero-order valence-corrected chi connectivity index (χ0v) is 10.6. The zero-order chi connectivity index (χ0) is 15.4. The molecule has 6 N–H and O–H groups in total. The molecule has 2 atom stereocenters. The molecular weight excluding hydrogens is 272 g/mol. The van der Waals surface area contributed by atoms with Crippen molar-refractivity contribution in [3.05, 3.63) is 0 Å². The number of carbonyl (C=O) groups excluding carboxylic acids is 3. The number of aliphatic carboxylic acids is 1. The van der Waals surface area contributed by atoms with Crippen LogP contribution in [-0.2, 0) is 14.4 Å². The van der Waals surface area contributed by atoms with Crippen LogP contribution in [0.15, 0.2) is 0 Å². The third kappa shape index (κ3) is 3.82. The predicted molar refractivity (Wildman–Crippen MR) is 64.1 cm³/mol. The number of rotatable bonds is 5. The van der Waals surface area contributed by atoms with Crippen molar-refractivity contribution in [2.24, 2.45) is 11.5 Å². The van der Waals surface area contributed by atoms with E-state index in [0.29, 0.717) is 0 Å². The minimum absolute atomic E-state index is 0.123. The largest absolute Gasteiger partial charge is 0.480 e. The van der Waals surface area contributed by atoms with Crippen molar-refractivity contribution in [1.82, 2.24) is 9.80 Å². The third-order valence-electron chi connectivity index (χ3n) is 2.77. The molecule has 20 heavy (non-hydrogen) atoms. The van der Waals surface area contributed by atoms with Gasteiger partial charge < -0.3 is 31.5 Å². The van der Waals surface area contributed by atoms with Crippen molar-refractivity contribution in [2.75, 3.05) is 19.6 Å². The molecule has 1 aliphatic heterocycles. The number of carboxylic acids is 1. The Kier molecular flexibility index (Phi) is 4.86. The number of primary amides is 2. The van der Waals surface area contributed by atoms with Gasteiger partial charge in [0.15, 0.2) is 0 Å². The van der Waals surface area contributed by atoms with E-state index >= 15 is 0 Å². The summed E-state index contributed by atoms with van der Waals surface area (Å²) < 4.78 is 0. The van der Waals surface area contributed by atoms with E-state index in [0.717, 1.165) is 9.80 Å². The number of nitrogens with zero attached hydrogens (tertiary/aromatic N) is 2. The zero-order valence-electron chi connectivity index (χ0n) is 10.6. The van der Waals surface area contributed by atoms with Gasteiger partial charge >= 0.3 is 12.0 Å². The molecule has 1 saturated heterocycles. The smallest absolute Gasteiger partial charge is 0.326 e. The summed E-state index contributed by atoms with van der Waals surface area (Å²) in [5.41, 5.74) is 9.92. The van der Waals surface area contributed by atoms with Gasteiger partial charge in [0.1, 0.15) is 19.1 Å². The Bertz CT molecular complexity index is 423. The van der Waals surface area contributed by atoms with Crippen molar-refractivity contribution in [3.8, 4) is 0 Å². The van der Waals surface area contributed by atoms with Crippen molar-refractivity contribution >= 4 is 23.8 Å². The van der Waals surface area contributed by atoms with Gasteiger partial charge in [-0.1, -0.05) is 0 Å². The number of nitrogens with two attached hydrogens (primary N) is 2. The van der Waals surface area contributed by atoms with Gasteiger partial charge in [-0.25, -0.2) is 9.59 Å². The normalized spacial score (nSPS) is 21.6. The predicted octanol–water partition coefficient (Wildman–Crippen LogP) is -3.10. The van der Waals surface area contributed by atoms with Gasteiger partial charge in [0.05, 0.1) is 6.10 Å². The molecule has 0 aromatic rings.